The van der Waals surface area contributed by atoms with E-state index in [-0.39, 0.29) is 17.1 Å². The molecule has 5 aromatic rings. The van der Waals surface area contributed by atoms with E-state index in [9.17, 15) is 9.59 Å². The Bertz CT molecular complexity index is 2110. The Kier molecular flexibility index (Phi) is 12.3. The zero-order chi connectivity index (χ0) is 38.0. The number of fused-ring (bicyclic) bond motifs is 1. The molecule has 0 saturated carbocycles. The van der Waals surface area contributed by atoms with Crippen molar-refractivity contribution in [3.63, 3.8) is 0 Å². The first-order valence-corrected chi connectivity index (χ1v) is 17.9. The highest BCUT2D eigenvalue weighted by atomic mass is 32.1. The maximum absolute atomic E-state index is 13.0. The molecule has 0 amide bonds. The Labute approximate surface area is 313 Å². The number of nitrogens with zero attached hydrogens (tertiary/aromatic N) is 2. The van der Waals surface area contributed by atoms with Crippen LogP contribution < -0.4 is 29.1 Å². The van der Waals surface area contributed by atoms with Gasteiger partial charge in [0.2, 0.25) is 5.13 Å². The van der Waals surface area contributed by atoms with Gasteiger partial charge in [0.15, 0.2) is 11.5 Å². The van der Waals surface area contributed by atoms with Crippen LogP contribution in [0.2, 0.25) is 0 Å². The SMILES string of the molecule is CCOc1cc(/C=C/C(=O)Oc2ccc(OC(=O)/C=C/c3ccc(OC(C)(C)C)cc3)cc2/C=N/Nc2nc3ccccc3s2)ccc1OC(C)(C)C. The summed E-state index contributed by atoms with van der Waals surface area (Å²) in [6, 6.07) is 25.2. The second kappa shape index (κ2) is 17.1. The Morgan fingerprint density at radius 2 is 1.38 bits per heavy atom. The molecule has 11 heteroatoms. The molecule has 0 saturated heterocycles. The first-order valence-electron chi connectivity index (χ1n) is 17.1. The predicted octanol–water partition coefficient (Wildman–Crippen LogP) is 9.73. The van der Waals surface area contributed by atoms with Gasteiger partial charge < -0.3 is 23.7 Å². The molecule has 0 aliphatic heterocycles. The number of benzene rings is 4. The van der Waals surface area contributed by atoms with Crippen molar-refractivity contribution < 1.29 is 33.3 Å². The average Bonchev–Trinajstić information content (AvgIpc) is 3.51. The second-order valence-corrected chi connectivity index (χ2v) is 14.7. The summed E-state index contributed by atoms with van der Waals surface area (Å²) < 4.78 is 30.0. The molecule has 0 radical (unpaired) electrons. The minimum absolute atomic E-state index is 0.200. The zero-order valence-corrected chi connectivity index (χ0v) is 31.7. The highest BCUT2D eigenvalue weighted by Crippen LogP contribution is 2.32. The van der Waals surface area contributed by atoms with E-state index in [2.05, 4.69) is 15.5 Å². The van der Waals surface area contributed by atoms with E-state index in [0.29, 0.717) is 28.8 Å². The number of rotatable bonds is 13. The van der Waals surface area contributed by atoms with Crippen molar-refractivity contribution in [2.45, 2.75) is 59.7 Å². The topological polar surface area (TPSA) is 118 Å². The number of hydrogen-bond acceptors (Lipinski definition) is 11. The maximum Gasteiger partial charge on any atom is 0.336 e. The van der Waals surface area contributed by atoms with Gasteiger partial charge in [0, 0.05) is 17.7 Å². The number of para-hydroxylation sites is 1. The number of hydrogen-bond donors (Lipinski definition) is 1. The van der Waals surface area contributed by atoms with Gasteiger partial charge in [-0.1, -0.05) is 41.7 Å². The fraction of sp³-hybridized carbons (Fsp3) is 0.238. The molecular formula is C42H43N3O7S. The van der Waals surface area contributed by atoms with Gasteiger partial charge in [0.05, 0.1) is 23.0 Å². The van der Waals surface area contributed by atoms with Crippen LogP contribution in [0.15, 0.2) is 102 Å². The highest BCUT2D eigenvalue weighted by molar-refractivity contribution is 7.22. The third-order valence-electron chi connectivity index (χ3n) is 6.88. The molecule has 0 aliphatic carbocycles. The lowest BCUT2D eigenvalue weighted by atomic mass is 10.1. The molecule has 1 N–H and O–H groups in total. The molecule has 0 aliphatic rings. The van der Waals surface area contributed by atoms with Gasteiger partial charge in [0.25, 0.3) is 0 Å². The molecule has 274 valence electrons. The quantitative estimate of drug-likeness (QED) is 0.0415. The standard InChI is InChI=1S/C42H43N3O7S/c1-8-48-36-25-29(15-21-35(36)52-42(5,6)7)17-24-39(47)50-34-22-20-32(26-30(34)27-43-45-40-44-33-11-9-10-12-37(33)53-40)49-38(46)23-16-28-13-18-31(19-14-28)51-41(2,3)4/h9-27H,8H2,1-7H3,(H,44,45)/b23-16+,24-17+,43-27+. The third kappa shape index (κ3) is 12.1. The summed E-state index contributed by atoms with van der Waals surface area (Å²) in [7, 11) is 0. The van der Waals surface area contributed by atoms with Crippen LogP contribution in [-0.2, 0) is 9.59 Å². The molecule has 10 nitrogen and oxygen atoms in total. The number of thiazole rings is 1. The molecule has 0 bridgehead atoms. The van der Waals surface area contributed by atoms with Crippen LogP contribution in [0.5, 0.6) is 28.7 Å². The molecule has 0 spiro atoms. The van der Waals surface area contributed by atoms with Crippen LogP contribution >= 0.6 is 11.3 Å². The van der Waals surface area contributed by atoms with Gasteiger partial charge in [-0.15, -0.1) is 0 Å². The minimum Gasteiger partial charge on any atom is -0.490 e. The Balaban J connectivity index is 1.31. The molecule has 1 aromatic heterocycles. The van der Waals surface area contributed by atoms with E-state index in [1.165, 1.54) is 41.8 Å². The van der Waals surface area contributed by atoms with Crippen LogP contribution in [0.25, 0.3) is 22.4 Å². The van der Waals surface area contributed by atoms with E-state index < -0.39 is 17.5 Å². The van der Waals surface area contributed by atoms with Crippen LogP contribution in [0, 0.1) is 0 Å². The van der Waals surface area contributed by atoms with Gasteiger partial charge >= 0.3 is 11.9 Å². The van der Waals surface area contributed by atoms with Gasteiger partial charge in [-0.25, -0.2) is 14.6 Å². The molecule has 0 unspecified atom stereocenters. The molecule has 5 rings (SSSR count). The average molecular weight is 734 g/mol. The minimum atomic E-state index is -0.627. The van der Waals surface area contributed by atoms with Crippen LogP contribution in [0.4, 0.5) is 5.13 Å². The van der Waals surface area contributed by atoms with Crippen LogP contribution in [0.1, 0.15) is 65.2 Å². The Hall–Kier alpha value is -5.94. The number of ether oxygens (including phenoxy) is 5. The highest BCUT2D eigenvalue weighted by Gasteiger charge is 2.16. The van der Waals surface area contributed by atoms with Gasteiger partial charge in [-0.2, -0.15) is 5.10 Å². The first-order chi connectivity index (χ1) is 25.2. The molecular weight excluding hydrogens is 691 g/mol. The lowest BCUT2D eigenvalue weighted by Crippen LogP contribution is -2.23. The summed E-state index contributed by atoms with van der Waals surface area (Å²) in [5.74, 6) is 1.13. The Morgan fingerprint density at radius 1 is 0.736 bits per heavy atom. The number of carbonyl (C=O) groups is 2. The summed E-state index contributed by atoms with van der Waals surface area (Å²) in [6.45, 7) is 14.2. The molecule has 1 heterocycles. The lowest BCUT2D eigenvalue weighted by Gasteiger charge is -2.23. The van der Waals surface area contributed by atoms with E-state index in [1.807, 2.05) is 109 Å². The number of aromatic nitrogens is 1. The van der Waals surface area contributed by atoms with Crippen molar-refractivity contribution in [1.29, 1.82) is 0 Å². The largest absolute Gasteiger partial charge is 0.490 e. The molecule has 0 fully saturated rings. The lowest BCUT2D eigenvalue weighted by molar-refractivity contribution is -0.130. The molecule has 53 heavy (non-hydrogen) atoms. The van der Waals surface area contributed by atoms with E-state index >= 15 is 0 Å². The predicted molar refractivity (Wildman–Crippen MR) is 211 cm³/mol. The summed E-state index contributed by atoms with van der Waals surface area (Å²) in [5, 5.41) is 4.91. The monoisotopic (exact) mass is 733 g/mol. The van der Waals surface area contributed by atoms with Gasteiger partial charge in [-0.05, 0) is 126 Å². The zero-order valence-electron chi connectivity index (χ0n) is 30.8. The van der Waals surface area contributed by atoms with Crippen LogP contribution in [-0.4, -0.2) is 40.9 Å². The van der Waals surface area contributed by atoms with Crippen molar-refractivity contribution >= 4 is 57.0 Å². The van der Waals surface area contributed by atoms with Crippen molar-refractivity contribution in [3.05, 3.63) is 114 Å². The summed E-state index contributed by atoms with van der Waals surface area (Å²) >= 11 is 1.45. The summed E-state index contributed by atoms with van der Waals surface area (Å²) in [5.41, 5.74) is 4.96. The second-order valence-electron chi connectivity index (χ2n) is 13.7. The van der Waals surface area contributed by atoms with E-state index in [4.69, 9.17) is 23.7 Å². The maximum atomic E-state index is 13.0. The fourth-order valence-corrected chi connectivity index (χ4v) is 5.61. The van der Waals surface area contributed by atoms with Crippen molar-refractivity contribution in [2.75, 3.05) is 12.0 Å². The summed E-state index contributed by atoms with van der Waals surface area (Å²) in [6.07, 6.45) is 7.39. The van der Waals surface area contributed by atoms with Crippen molar-refractivity contribution in [3.8, 4) is 28.7 Å². The van der Waals surface area contributed by atoms with Crippen molar-refractivity contribution in [1.82, 2.24) is 4.98 Å². The van der Waals surface area contributed by atoms with Gasteiger partial charge in [-0.3, -0.25) is 5.43 Å². The van der Waals surface area contributed by atoms with Crippen molar-refractivity contribution in [2.24, 2.45) is 5.10 Å². The van der Waals surface area contributed by atoms with Crippen LogP contribution in [0.3, 0.4) is 0 Å². The number of anilines is 1. The first kappa shape index (κ1) is 38.3. The normalized spacial score (nSPS) is 12.1. The third-order valence-corrected chi connectivity index (χ3v) is 7.82. The number of carbonyl (C=O) groups excluding carboxylic acids is 2. The Morgan fingerprint density at radius 3 is 2.08 bits per heavy atom. The molecule has 4 aromatic carbocycles. The summed E-state index contributed by atoms with van der Waals surface area (Å²) in [4.78, 5) is 30.3. The van der Waals surface area contributed by atoms with E-state index in [1.54, 1.807) is 24.3 Å². The molecule has 0 atom stereocenters. The van der Waals surface area contributed by atoms with Gasteiger partial charge in [0.1, 0.15) is 28.5 Å². The number of nitrogens with one attached hydrogen (secondary N) is 1. The number of esters is 2. The number of hydrazone groups is 1. The smallest absolute Gasteiger partial charge is 0.336 e. The fourth-order valence-electron chi connectivity index (χ4n) is 4.79. The van der Waals surface area contributed by atoms with E-state index in [0.717, 1.165) is 27.1 Å².